The zero-order valence-corrected chi connectivity index (χ0v) is 15.6. The molecule has 6 atom stereocenters. The number of carbonyl (C=O) groups excluding carboxylic acids is 3. The van der Waals surface area contributed by atoms with E-state index in [4.69, 9.17) is 9.47 Å². The molecule has 0 radical (unpaired) electrons. The highest BCUT2D eigenvalue weighted by Crippen LogP contribution is 2.60. The van der Waals surface area contributed by atoms with Crippen molar-refractivity contribution in [2.45, 2.75) is 36.8 Å². The lowest BCUT2D eigenvalue weighted by Gasteiger charge is -2.31. The van der Waals surface area contributed by atoms with Crippen LogP contribution < -0.4 is 0 Å². The smallest absolute Gasteiger partial charge is 0.311 e. The molecule has 2 saturated carbocycles. The van der Waals surface area contributed by atoms with Gasteiger partial charge in [0.25, 0.3) is 0 Å². The number of halogens is 1. The molecule has 25 heavy (non-hydrogen) atoms. The molecule has 6 heteroatoms. The van der Waals surface area contributed by atoms with Gasteiger partial charge in [-0.15, -0.1) is 0 Å². The van der Waals surface area contributed by atoms with Crippen LogP contribution in [0.25, 0.3) is 0 Å². The van der Waals surface area contributed by atoms with E-state index in [1.807, 2.05) is 6.07 Å². The summed E-state index contributed by atoms with van der Waals surface area (Å²) in [6, 6.07) is 8.76. The molecule has 1 heterocycles. The molecule has 4 rings (SSSR count). The summed E-state index contributed by atoms with van der Waals surface area (Å²) >= 11 is 3.58. The summed E-state index contributed by atoms with van der Waals surface area (Å²) in [5, 5.41) is 0. The topological polar surface area (TPSA) is 69.7 Å². The van der Waals surface area contributed by atoms with Crippen molar-refractivity contribution in [2.75, 3.05) is 0 Å². The van der Waals surface area contributed by atoms with Crippen molar-refractivity contribution >= 4 is 33.7 Å². The Bertz CT molecular complexity index is 743. The molecule has 132 valence electrons. The van der Waals surface area contributed by atoms with E-state index < -0.39 is 23.4 Å². The maximum absolute atomic E-state index is 12.9. The van der Waals surface area contributed by atoms with Crippen LogP contribution in [0.2, 0.25) is 0 Å². The number of hydrogen-bond donors (Lipinski definition) is 0. The van der Waals surface area contributed by atoms with E-state index in [9.17, 15) is 14.4 Å². The first-order valence-electron chi connectivity index (χ1n) is 8.48. The van der Waals surface area contributed by atoms with Gasteiger partial charge in [0.2, 0.25) is 5.78 Å². The Balaban J connectivity index is 1.54. The van der Waals surface area contributed by atoms with Gasteiger partial charge in [0, 0.05) is 11.5 Å². The molecule has 0 N–H and O–H groups in total. The van der Waals surface area contributed by atoms with Crippen molar-refractivity contribution in [2.24, 2.45) is 23.7 Å². The first-order valence-corrected chi connectivity index (χ1v) is 9.40. The first kappa shape index (κ1) is 16.8. The molecule has 1 aromatic rings. The van der Waals surface area contributed by atoms with Crippen molar-refractivity contribution in [3.05, 3.63) is 35.9 Å². The monoisotopic (exact) mass is 406 g/mol. The van der Waals surface area contributed by atoms with E-state index in [0.29, 0.717) is 5.56 Å². The normalized spacial score (nSPS) is 35.6. The van der Waals surface area contributed by atoms with Gasteiger partial charge in [0.15, 0.2) is 5.60 Å². The van der Waals surface area contributed by atoms with Gasteiger partial charge in [-0.05, 0) is 26.2 Å². The number of ether oxygens (including phenoxy) is 2. The van der Waals surface area contributed by atoms with Crippen molar-refractivity contribution in [1.82, 2.24) is 0 Å². The molecular formula is C19H19BrO5. The molecule has 3 aliphatic rings. The van der Waals surface area contributed by atoms with E-state index in [-0.39, 0.29) is 34.5 Å². The SMILES string of the molecule is CC(C)(OC(=O)[C@@H]1[C@H]2C[C@H]3[C@H](OC(=O)[C@@H]31)[C@H]2Br)C(=O)c1ccccc1. The van der Waals surface area contributed by atoms with Crippen molar-refractivity contribution in [3.63, 3.8) is 0 Å². The summed E-state index contributed by atoms with van der Waals surface area (Å²) in [4.78, 5) is 37.7. The van der Waals surface area contributed by atoms with E-state index in [1.165, 1.54) is 0 Å². The number of hydrogen-bond acceptors (Lipinski definition) is 5. The van der Waals surface area contributed by atoms with Crippen molar-refractivity contribution in [3.8, 4) is 0 Å². The van der Waals surface area contributed by atoms with Crippen LogP contribution in [0.5, 0.6) is 0 Å². The van der Waals surface area contributed by atoms with E-state index in [0.717, 1.165) is 6.42 Å². The number of benzene rings is 1. The lowest BCUT2D eigenvalue weighted by atomic mass is 9.80. The maximum atomic E-state index is 12.9. The Morgan fingerprint density at radius 2 is 1.88 bits per heavy atom. The van der Waals surface area contributed by atoms with Gasteiger partial charge in [-0.2, -0.15) is 0 Å². The third kappa shape index (κ3) is 2.45. The molecule has 2 aliphatic carbocycles. The average molecular weight is 407 g/mol. The van der Waals surface area contributed by atoms with Crippen molar-refractivity contribution in [1.29, 1.82) is 0 Å². The fraction of sp³-hybridized carbons (Fsp3) is 0.526. The fourth-order valence-corrected chi connectivity index (χ4v) is 5.64. The maximum Gasteiger partial charge on any atom is 0.311 e. The largest absolute Gasteiger partial charge is 0.461 e. The summed E-state index contributed by atoms with van der Waals surface area (Å²) in [6.45, 7) is 3.18. The molecule has 1 aromatic carbocycles. The Kier molecular flexibility index (Phi) is 3.79. The predicted molar refractivity (Wildman–Crippen MR) is 92.1 cm³/mol. The standard InChI is InChI=1S/C19H19BrO5/c1-19(2,16(21)9-6-4-3-5-7-9)25-18(23)12-10-8-11-13(12)17(22)24-15(11)14(10)20/h3-7,10-15H,8H2,1-2H3/t10-,11-,12-,13+,14+,15+/m1/s1. The minimum absolute atomic E-state index is 0.0153. The van der Waals surface area contributed by atoms with Gasteiger partial charge in [0.05, 0.1) is 16.7 Å². The first-order chi connectivity index (χ1) is 11.8. The number of rotatable bonds is 4. The van der Waals surface area contributed by atoms with Gasteiger partial charge in [-0.3, -0.25) is 14.4 Å². The molecule has 2 bridgehead atoms. The molecule has 5 nitrogen and oxygen atoms in total. The zero-order valence-electron chi connectivity index (χ0n) is 14.0. The summed E-state index contributed by atoms with van der Waals surface area (Å²) < 4.78 is 11.0. The second-order valence-corrected chi connectivity index (χ2v) is 8.64. The van der Waals surface area contributed by atoms with Crippen LogP contribution in [0.15, 0.2) is 30.3 Å². The van der Waals surface area contributed by atoms with E-state index in [2.05, 4.69) is 15.9 Å². The molecule has 1 saturated heterocycles. The number of alkyl halides is 1. The van der Waals surface area contributed by atoms with Gasteiger partial charge in [-0.1, -0.05) is 46.3 Å². The highest BCUT2D eigenvalue weighted by atomic mass is 79.9. The summed E-state index contributed by atoms with van der Waals surface area (Å²) in [5.41, 5.74) is -0.795. The lowest BCUT2D eigenvalue weighted by Crippen LogP contribution is -2.44. The van der Waals surface area contributed by atoms with Gasteiger partial charge < -0.3 is 9.47 Å². The Labute approximate surface area is 154 Å². The number of fused-ring (bicyclic) bond motifs is 1. The minimum atomic E-state index is -1.29. The van der Waals surface area contributed by atoms with Crippen LogP contribution in [0.4, 0.5) is 0 Å². The average Bonchev–Trinajstić information content (AvgIpc) is 3.18. The lowest BCUT2D eigenvalue weighted by molar-refractivity contribution is -0.163. The third-order valence-corrected chi connectivity index (χ3v) is 6.93. The van der Waals surface area contributed by atoms with Crippen LogP contribution >= 0.6 is 15.9 Å². The van der Waals surface area contributed by atoms with Crippen LogP contribution in [-0.4, -0.2) is 34.3 Å². The molecule has 0 amide bonds. The van der Waals surface area contributed by atoms with Crippen molar-refractivity contribution < 1.29 is 23.9 Å². The number of ketones is 1. The molecule has 3 fully saturated rings. The number of esters is 2. The molecular weight excluding hydrogens is 388 g/mol. The highest BCUT2D eigenvalue weighted by molar-refractivity contribution is 9.09. The van der Waals surface area contributed by atoms with Gasteiger partial charge in [0.1, 0.15) is 6.10 Å². The quantitative estimate of drug-likeness (QED) is 0.436. The molecule has 0 spiro atoms. The second kappa shape index (κ2) is 5.66. The van der Waals surface area contributed by atoms with E-state index >= 15 is 0 Å². The molecule has 0 aromatic heterocycles. The highest BCUT2D eigenvalue weighted by Gasteiger charge is 2.68. The number of Topliss-reactive ketones (excluding diaryl/α,β-unsaturated/α-hetero) is 1. The number of carbonyl (C=O) groups is 3. The third-order valence-electron chi connectivity index (χ3n) is 5.73. The Morgan fingerprint density at radius 3 is 2.56 bits per heavy atom. The fourth-order valence-electron chi connectivity index (χ4n) is 4.60. The Hall–Kier alpha value is -1.69. The summed E-state index contributed by atoms with van der Waals surface area (Å²) in [6.07, 6.45) is 0.648. The second-order valence-electron chi connectivity index (χ2n) is 7.59. The molecule has 0 unspecified atom stereocenters. The van der Waals surface area contributed by atoms with Crippen LogP contribution in [0.1, 0.15) is 30.6 Å². The molecule has 1 aliphatic heterocycles. The van der Waals surface area contributed by atoms with Gasteiger partial charge >= 0.3 is 11.9 Å². The summed E-state index contributed by atoms with van der Waals surface area (Å²) in [7, 11) is 0. The van der Waals surface area contributed by atoms with E-state index in [1.54, 1.807) is 38.1 Å². The van der Waals surface area contributed by atoms with Gasteiger partial charge in [-0.25, -0.2) is 0 Å². The minimum Gasteiger partial charge on any atom is -0.461 e. The van der Waals surface area contributed by atoms with Crippen LogP contribution in [0, 0.1) is 23.7 Å². The Morgan fingerprint density at radius 1 is 1.20 bits per heavy atom. The zero-order chi connectivity index (χ0) is 17.9. The van der Waals surface area contributed by atoms with Crippen LogP contribution in [0.3, 0.4) is 0 Å². The predicted octanol–water partition coefficient (Wildman–Crippen LogP) is 2.76. The van der Waals surface area contributed by atoms with Crippen LogP contribution in [-0.2, 0) is 19.1 Å². The summed E-state index contributed by atoms with van der Waals surface area (Å²) in [5.74, 6) is -1.93.